The van der Waals surface area contributed by atoms with E-state index in [1.165, 1.54) is 9.80 Å². The van der Waals surface area contributed by atoms with Gasteiger partial charge in [0, 0.05) is 17.3 Å². The summed E-state index contributed by atoms with van der Waals surface area (Å²) in [5.74, 6) is -3.88. The number of aliphatic hydroxyl groups is 1. The van der Waals surface area contributed by atoms with Gasteiger partial charge in [0.25, 0.3) is 5.91 Å². The van der Waals surface area contributed by atoms with Crippen molar-refractivity contribution < 1.29 is 29.3 Å². The summed E-state index contributed by atoms with van der Waals surface area (Å²) >= 11 is 6.01. The van der Waals surface area contributed by atoms with Crippen LogP contribution in [0.5, 0.6) is 0 Å². The Morgan fingerprint density at radius 2 is 2.09 bits per heavy atom. The molecule has 2 amide bonds. The fourth-order valence-electron chi connectivity index (χ4n) is 5.68. The minimum atomic E-state index is -1.23. The molecule has 1 spiro atoms. The highest BCUT2D eigenvalue weighted by Crippen LogP contribution is 2.59. The summed E-state index contributed by atoms with van der Waals surface area (Å²) in [4.78, 5) is 42.6. The molecule has 0 radical (unpaired) electrons. The molecule has 8 nitrogen and oxygen atoms in total. The largest absolute Gasteiger partial charge is 0.481 e. The van der Waals surface area contributed by atoms with Crippen LogP contribution in [0.25, 0.3) is 0 Å². The minimum Gasteiger partial charge on any atom is -0.481 e. The summed E-state index contributed by atoms with van der Waals surface area (Å²) in [6.45, 7) is 5.41. The van der Waals surface area contributed by atoms with Crippen LogP contribution in [0.4, 0.5) is 5.69 Å². The van der Waals surface area contributed by atoms with Crippen LogP contribution in [0.1, 0.15) is 26.2 Å². The van der Waals surface area contributed by atoms with Gasteiger partial charge >= 0.3 is 5.97 Å². The maximum atomic E-state index is 14.1. The molecule has 2 unspecified atom stereocenters. The van der Waals surface area contributed by atoms with Gasteiger partial charge in [-0.25, -0.2) is 0 Å². The van der Waals surface area contributed by atoms with Crippen LogP contribution in [0, 0.1) is 11.8 Å². The molecule has 172 valence electrons. The highest BCUT2D eigenvalue weighted by molar-refractivity contribution is 6.30. The second-order valence-electron chi connectivity index (χ2n) is 8.60. The molecule has 2 N–H and O–H groups in total. The number of likely N-dealkylation sites (tertiary alicyclic amines) is 1. The first-order valence-corrected chi connectivity index (χ1v) is 11.2. The minimum absolute atomic E-state index is 0.182. The SMILES string of the molecule is C=CCN(C(=O)C1N([C@@H](CC)CO)C(=O)[C@@H]2[C@@H](C(=O)O)[C@H]3CCC12O3)c1ccc(Cl)cc1. The number of benzene rings is 1. The Morgan fingerprint density at radius 1 is 1.41 bits per heavy atom. The number of amides is 2. The summed E-state index contributed by atoms with van der Waals surface area (Å²) in [5, 5.41) is 20.3. The maximum absolute atomic E-state index is 14.1. The van der Waals surface area contributed by atoms with Crippen LogP contribution in [-0.2, 0) is 19.1 Å². The van der Waals surface area contributed by atoms with Gasteiger partial charge in [-0.05, 0) is 43.5 Å². The van der Waals surface area contributed by atoms with Crippen LogP contribution in [0.2, 0.25) is 5.02 Å². The van der Waals surface area contributed by atoms with E-state index in [1.54, 1.807) is 30.3 Å². The zero-order chi connectivity index (χ0) is 23.2. The lowest BCUT2D eigenvalue weighted by molar-refractivity contribution is -0.151. The fraction of sp³-hybridized carbons (Fsp3) is 0.522. The number of carboxylic acid groups (broad SMARTS) is 1. The molecular weight excluding hydrogens is 436 g/mol. The molecule has 2 bridgehead atoms. The zero-order valence-corrected chi connectivity index (χ0v) is 18.6. The highest BCUT2D eigenvalue weighted by atomic mass is 35.5. The summed E-state index contributed by atoms with van der Waals surface area (Å²) in [6, 6.07) is 5.08. The van der Waals surface area contributed by atoms with Crippen molar-refractivity contribution in [1.29, 1.82) is 0 Å². The van der Waals surface area contributed by atoms with Crippen molar-refractivity contribution in [2.45, 2.75) is 50.0 Å². The number of aliphatic carboxylic acids is 1. The molecule has 3 saturated heterocycles. The van der Waals surface area contributed by atoms with Crippen LogP contribution >= 0.6 is 11.6 Å². The van der Waals surface area contributed by atoms with E-state index < -0.39 is 47.5 Å². The van der Waals surface area contributed by atoms with Gasteiger partial charge in [0.15, 0.2) is 0 Å². The molecule has 3 aliphatic rings. The first-order chi connectivity index (χ1) is 15.3. The second kappa shape index (κ2) is 8.50. The van der Waals surface area contributed by atoms with Crippen molar-refractivity contribution in [2.24, 2.45) is 11.8 Å². The molecule has 1 aromatic carbocycles. The molecule has 0 saturated carbocycles. The molecule has 3 aliphatic heterocycles. The number of carboxylic acids is 1. The highest BCUT2D eigenvalue weighted by Gasteiger charge is 2.75. The number of carbonyl (C=O) groups excluding carboxylic acids is 2. The van der Waals surface area contributed by atoms with Gasteiger partial charge in [-0.2, -0.15) is 0 Å². The summed E-state index contributed by atoms with van der Waals surface area (Å²) in [7, 11) is 0. The van der Waals surface area contributed by atoms with Gasteiger partial charge in [-0.15, -0.1) is 6.58 Å². The van der Waals surface area contributed by atoms with E-state index in [-0.39, 0.29) is 19.1 Å². The van der Waals surface area contributed by atoms with Gasteiger partial charge in [0.05, 0.1) is 30.6 Å². The van der Waals surface area contributed by atoms with Crippen molar-refractivity contribution in [3.8, 4) is 0 Å². The molecule has 0 aromatic heterocycles. The van der Waals surface area contributed by atoms with Gasteiger partial charge in [-0.1, -0.05) is 24.6 Å². The normalized spacial score (nSPS) is 31.5. The topological polar surface area (TPSA) is 107 Å². The Kier molecular flexibility index (Phi) is 6.04. The Labute approximate surface area is 191 Å². The van der Waals surface area contributed by atoms with Gasteiger partial charge < -0.3 is 24.7 Å². The van der Waals surface area contributed by atoms with Crippen LogP contribution in [0.3, 0.4) is 0 Å². The number of fused-ring (bicyclic) bond motifs is 1. The number of hydrogen-bond donors (Lipinski definition) is 2. The standard InChI is InChI=1S/C23H27ClN2O6/c1-3-11-25(15-7-5-13(24)6-8-15)21(29)19-23-10-9-16(32-23)17(22(30)31)18(23)20(28)26(19)14(4-2)12-27/h3,5-8,14,16-19,27H,1,4,9-12H2,2H3,(H,30,31)/t14-,16+,17-,18-,19?,23?/m0/s1. The number of hydrogen-bond acceptors (Lipinski definition) is 5. The lowest BCUT2D eigenvalue weighted by Gasteiger charge is -2.39. The number of aliphatic hydroxyl groups excluding tert-OH is 1. The van der Waals surface area contributed by atoms with Crippen molar-refractivity contribution in [2.75, 3.05) is 18.1 Å². The molecule has 9 heteroatoms. The Bertz CT molecular complexity index is 933. The first kappa shape index (κ1) is 22.8. The first-order valence-electron chi connectivity index (χ1n) is 10.8. The van der Waals surface area contributed by atoms with E-state index >= 15 is 0 Å². The summed E-state index contributed by atoms with van der Waals surface area (Å²) in [6.07, 6.45) is 2.28. The fourth-order valence-corrected chi connectivity index (χ4v) is 5.81. The average molecular weight is 463 g/mol. The van der Waals surface area contributed by atoms with Crippen molar-refractivity contribution >= 4 is 35.1 Å². The van der Waals surface area contributed by atoms with Crippen LogP contribution in [0.15, 0.2) is 36.9 Å². The van der Waals surface area contributed by atoms with E-state index in [4.69, 9.17) is 16.3 Å². The molecular formula is C23H27ClN2O6. The van der Waals surface area contributed by atoms with Crippen LogP contribution < -0.4 is 4.90 Å². The predicted octanol–water partition coefficient (Wildman–Crippen LogP) is 2.09. The lowest BCUT2D eigenvalue weighted by atomic mass is 9.70. The smallest absolute Gasteiger partial charge is 0.310 e. The van der Waals surface area contributed by atoms with E-state index in [0.29, 0.717) is 30.0 Å². The average Bonchev–Trinajstić information content (AvgIpc) is 3.41. The van der Waals surface area contributed by atoms with E-state index in [9.17, 15) is 24.6 Å². The number of anilines is 1. The lowest BCUT2D eigenvalue weighted by Crippen LogP contribution is -2.59. The molecule has 4 rings (SSSR count). The maximum Gasteiger partial charge on any atom is 0.310 e. The molecule has 3 heterocycles. The van der Waals surface area contributed by atoms with Crippen molar-refractivity contribution in [3.63, 3.8) is 0 Å². The predicted molar refractivity (Wildman–Crippen MR) is 117 cm³/mol. The number of carbonyl (C=O) groups is 3. The quantitative estimate of drug-likeness (QED) is 0.573. The Hall–Kier alpha value is -2.42. The van der Waals surface area contributed by atoms with E-state index in [1.807, 2.05) is 6.92 Å². The number of rotatable bonds is 8. The zero-order valence-electron chi connectivity index (χ0n) is 17.8. The molecule has 3 fully saturated rings. The van der Waals surface area contributed by atoms with E-state index in [2.05, 4.69) is 6.58 Å². The third-order valence-electron chi connectivity index (χ3n) is 7.05. The Morgan fingerprint density at radius 3 is 2.66 bits per heavy atom. The summed E-state index contributed by atoms with van der Waals surface area (Å²) in [5.41, 5.74) is -0.651. The van der Waals surface area contributed by atoms with Crippen molar-refractivity contribution in [1.82, 2.24) is 4.90 Å². The molecule has 0 aliphatic carbocycles. The third-order valence-corrected chi connectivity index (χ3v) is 7.30. The molecule has 1 aromatic rings. The Balaban J connectivity index is 1.82. The second-order valence-corrected chi connectivity index (χ2v) is 9.03. The van der Waals surface area contributed by atoms with E-state index in [0.717, 1.165) is 0 Å². The third kappa shape index (κ3) is 3.24. The van der Waals surface area contributed by atoms with Gasteiger partial charge in [0.2, 0.25) is 5.91 Å². The number of halogens is 1. The van der Waals surface area contributed by atoms with Gasteiger partial charge in [0.1, 0.15) is 11.6 Å². The monoisotopic (exact) mass is 462 g/mol. The number of ether oxygens (including phenoxy) is 1. The molecule has 6 atom stereocenters. The summed E-state index contributed by atoms with van der Waals surface area (Å²) < 4.78 is 6.20. The van der Waals surface area contributed by atoms with Crippen LogP contribution in [-0.4, -0.2) is 69.8 Å². The molecule has 32 heavy (non-hydrogen) atoms. The van der Waals surface area contributed by atoms with Gasteiger partial charge in [-0.3, -0.25) is 14.4 Å². The van der Waals surface area contributed by atoms with Crippen molar-refractivity contribution in [3.05, 3.63) is 41.9 Å². The number of nitrogens with zero attached hydrogens (tertiary/aromatic N) is 2.